The molecule has 1 aromatic carbocycles. The van der Waals surface area contributed by atoms with E-state index in [9.17, 15) is 0 Å². The summed E-state index contributed by atoms with van der Waals surface area (Å²) in [6.07, 6.45) is 1.17. The number of hydrogen-bond acceptors (Lipinski definition) is 3. The molecule has 0 aliphatic carbocycles. The second kappa shape index (κ2) is 9.19. The third kappa shape index (κ3) is 6.60. The Morgan fingerprint density at radius 3 is 2.38 bits per heavy atom. The van der Waals surface area contributed by atoms with Gasteiger partial charge in [-0.05, 0) is 59.1 Å². The SMILES string of the molecule is CCCNC(CN(C)CCN(C)C)c1ccc(C)cc1C. The van der Waals surface area contributed by atoms with E-state index in [0.29, 0.717) is 6.04 Å². The predicted octanol–water partition coefficient (Wildman–Crippen LogP) is 2.84. The van der Waals surface area contributed by atoms with Crippen LogP contribution in [0.15, 0.2) is 18.2 Å². The average Bonchev–Trinajstić information content (AvgIpc) is 2.41. The molecule has 0 aliphatic rings. The lowest BCUT2D eigenvalue weighted by molar-refractivity contribution is 0.256. The van der Waals surface area contributed by atoms with Crippen LogP contribution in [0.3, 0.4) is 0 Å². The van der Waals surface area contributed by atoms with E-state index in [2.05, 4.69) is 75.2 Å². The lowest BCUT2D eigenvalue weighted by atomic mass is 9.98. The number of benzene rings is 1. The van der Waals surface area contributed by atoms with Crippen LogP contribution in [-0.2, 0) is 0 Å². The van der Waals surface area contributed by atoms with Gasteiger partial charge in [0.05, 0.1) is 0 Å². The third-order valence-electron chi connectivity index (χ3n) is 3.86. The van der Waals surface area contributed by atoms with Gasteiger partial charge in [-0.3, -0.25) is 0 Å². The van der Waals surface area contributed by atoms with Crippen LogP contribution < -0.4 is 5.32 Å². The molecular weight excluding hydrogens is 258 g/mol. The zero-order chi connectivity index (χ0) is 15.8. The van der Waals surface area contributed by atoms with E-state index in [0.717, 1.165) is 26.2 Å². The normalized spacial score (nSPS) is 13.1. The van der Waals surface area contributed by atoms with Crippen LogP contribution in [-0.4, -0.2) is 57.1 Å². The van der Waals surface area contributed by atoms with Crippen molar-refractivity contribution in [2.24, 2.45) is 0 Å². The molecule has 1 aromatic rings. The molecular formula is C18H33N3. The lowest BCUT2D eigenvalue weighted by Crippen LogP contribution is -2.37. The van der Waals surface area contributed by atoms with Crippen molar-refractivity contribution in [3.8, 4) is 0 Å². The highest BCUT2D eigenvalue weighted by Crippen LogP contribution is 2.20. The molecule has 3 heteroatoms. The molecule has 21 heavy (non-hydrogen) atoms. The fourth-order valence-electron chi connectivity index (χ4n) is 2.58. The molecule has 0 heterocycles. The number of likely N-dealkylation sites (N-methyl/N-ethyl adjacent to an activating group) is 2. The van der Waals surface area contributed by atoms with Gasteiger partial charge in [0.15, 0.2) is 0 Å². The number of nitrogens with one attached hydrogen (secondary N) is 1. The molecule has 3 nitrogen and oxygen atoms in total. The van der Waals surface area contributed by atoms with Gasteiger partial charge in [0.1, 0.15) is 0 Å². The van der Waals surface area contributed by atoms with Gasteiger partial charge in [-0.25, -0.2) is 0 Å². The molecule has 0 aliphatic heterocycles. The molecule has 0 saturated heterocycles. The first-order valence-corrected chi connectivity index (χ1v) is 8.07. The van der Waals surface area contributed by atoms with Crippen molar-refractivity contribution >= 4 is 0 Å². The summed E-state index contributed by atoms with van der Waals surface area (Å²) in [5.74, 6) is 0. The first-order valence-electron chi connectivity index (χ1n) is 8.07. The van der Waals surface area contributed by atoms with Gasteiger partial charge in [0.2, 0.25) is 0 Å². The van der Waals surface area contributed by atoms with Gasteiger partial charge in [-0.15, -0.1) is 0 Å². The van der Waals surface area contributed by atoms with Crippen LogP contribution in [0.2, 0.25) is 0 Å². The lowest BCUT2D eigenvalue weighted by Gasteiger charge is -2.27. The number of hydrogen-bond donors (Lipinski definition) is 1. The summed E-state index contributed by atoms with van der Waals surface area (Å²) in [7, 11) is 6.48. The van der Waals surface area contributed by atoms with Gasteiger partial charge in [-0.2, -0.15) is 0 Å². The molecule has 120 valence electrons. The Morgan fingerprint density at radius 1 is 1.10 bits per heavy atom. The Labute approximate surface area is 131 Å². The van der Waals surface area contributed by atoms with Crippen molar-refractivity contribution < 1.29 is 0 Å². The summed E-state index contributed by atoms with van der Waals surface area (Å²) in [5, 5.41) is 3.71. The van der Waals surface area contributed by atoms with Crippen molar-refractivity contribution in [1.82, 2.24) is 15.1 Å². The monoisotopic (exact) mass is 291 g/mol. The Hall–Kier alpha value is -0.900. The van der Waals surface area contributed by atoms with E-state index in [1.54, 1.807) is 0 Å². The Bertz CT molecular complexity index is 415. The second-order valence-electron chi connectivity index (χ2n) is 6.43. The van der Waals surface area contributed by atoms with E-state index >= 15 is 0 Å². The summed E-state index contributed by atoms with van der Waals surface area (Å²) in [5.41, 5.74) is 4.17. The van der Waals surface area contributed by atoms with Crippen LogP contribution in [0, 0.1) is 13.8 Å². The van der Waals surface area contributed by atoms with Crippen molar-refractivity contribution in [2.45, 2.75) is 33.2 Å². The van der Waals surface area contributed by atoms with Crippen molar-refractivity contribution in [1.29, 1.82) is 0 Å². The second-order valence-corrected chi connectivity index (χ2v) is 6.43. The smallest absolute Gasteiger partial charge is 0.0451 e. The largest absolute Gasteiger partial charge is 0.309 e. The summed E-state index contributed by atoms with van der Waals surface area (Å²) in [6, 6.07) is 7.22. The topological polar surface area (TPSA) is 18.5 Å². The van der Waals surface area contributed by atoms with Crippen molar-refractivity contribution in [2.75, 3.05) is 47.3 Å². The van der Waals surface area contributed by atoms with Gasteiger partial charge < -0.3 is 15.1 Å². The molecule has 1 N–H and O–H groups in total. The van der Waals surface area contributed by atoms with E-state index in [4.69, 9.17) is 0 Å². The van der Waals surface area contributed by atoms with Crippen LogP contribution >= 0.6 is 0 Å². The van der Waals surface area contributed by atoms with Gasteiger partial charge in [-0.1, -0.05) is 30.7 Å². The highest BCUT2D eigenvalue weighted by atomic mass is 15.2. The molecule has 1 atom stereocenters. The minimum absolute atomic E-state index is 0.415. The maximum Gasteiger partial charge on any atom is 0.0451 e. The molecule has 0 aromatic heterocycles. The fraction of sp³-hybridized carbons (Fsp3) is 0.667. The number of rotatable bonds is 9. The minimum Gasteiger partial charge on any atom is -0.309 e. The van der Waals surface area contributed by atoms with Crippen LogP contribution in [0.1, 0.15) is 36.1 Å². The average molecular weight is 291 g/mol. The first-order chi connectivity index (χ1) is 9.93. The molecule has 0 saturated carbocycles. The van der Waals surface area contributed by atoms with E-state index < -0.39 is 0 Å². The molecule has 1 rings (SSSR count). The maximum atomic E-state index is 3.71. The number of aryl methyl sites for hydroxylation is 2. The highest BCUT2D eigenvalue weighted by molar-refractivity contribution is 5.33. The number of nitrogens with zero attached hydrogens (tertiary/aromatic N) is 2. The van der Waals surface area contributed by atoms with Crippen molar-refractivity contribution in [3.63, 3.8) is 0 Å². The van der Waals surface area contributed by atoms with E-state index in [1.165, 1.54) is 23.1 Å². The Morgan fingerprint density at radius 2 is 1.81 bits per heavy atom. The van der Waals surface area contributed by atoms with Gasteiger partial charge in [0, 0.05) is 25.7 Å². The molecule has 0 bridgehead atoms. The predicted molar refractivity (Wildman–Crippen MR) is 93.0 cm³/mol. The standard InChI is InChI=1S/C18H33N3/c1-7-10-19-18(14-21(6)12-11-20(4)5)17-9-8-15(2)13-16(17)3/h8-9,13,18-19H,7,10-12,14H2,1-6H3. The summed E-state index contributed by atoms with van der Waals surface area (Å²) >= 11 is 0. The Kier molecular flexibility index (Phi) is 7.94. The zero-order valence-corrected chi connectivity index (χ0v) is 14.7. The molecule has 0 radical (unpaired) electrons. The highest BCUT2D eigenvalue weighted by Gasteiger charge is 2.15. The summed E-state index contributed by atoms with van der Waals surface area (Å²) in [6.45, 7) is 10.9. The van der Waals surface area contributed by atoms with Crippen LogP contribution in [0.5, 0.6) is 0 Å². The molecule has 0 amide bonds. The van der Waals surface area contributed by atoms with Gasteiger partial charge in [0.25, 0.3) is 0 Å². The van der Waals surface area contributed by atoms with E-state index in [1.807, 2.05) is 0 Å². The van der Waals surface area contributed by atoms with Crippen LogP contribution in [0.4, 0.5) is 0 Å². The third-order valence-corrected chi connectivity index (χ3v) is 3.86. The molecule has 1 unspecified atom stereocenters. The zero-order valence-electron chi connectivity index (χ0n) is 14.7. The fourth-order valence-corrected chi connectivity index (χ4v) is 2.58. The summed E-state index contributed by atoms with van der Waals surface area (Å²) in [4.78, 5) is 4.66. The maximum absolute atomic E-state index is 3.71. The van der Waals surface area contributed by atoms with Gasteiger partial charge >= 0.3 is 0 Å². The minimum atomic E-state index is 0.415. The van der Waals surface area contributed by atoms with Crippen molar-refractivity contribution in [3.05, 3.63) is 34.9 Å². The quantitative estimate of drug-likeness (QED) is 0.755. The molecule has 0 fully saturated rings. The summed E-state index contributed by atoms with van der Waals surface area (Å²) < 4.78 is 0. The first kappa shape index (κ1) is 18.1. The van der Waals surface area contributed by atoms with E-state index in [-0.39, 0.29) is 0 Å². The molecule has 0 spiro atoms. The Balaban J connectivity index is 2.74. The van der Waals surface area contributed by atoms with Crippen LogP contribution in [0.25, 0.3) is 0 Å².